The predicted octanol–water partition coefficient (Wildman–Crippen LogP) is 4.05. The summed E-state index contributed by atoms with van der Waals surface area (Å²) in [5.74, 6) is -1.04. The molecule has 0 amide bonds. The molecule has 0 aromatic rings. The van der Waals surface area contributed by atoms with E-state index in [4.69, 9.17) is 16.7 Å². The van der Waals surface area contributed by atoms with Crippen LogP contribution in [0.15, 0.2) is 0 Å². The lowest BCUT2D eigenvalue weighted by molar-refractivity contribution is -0.138. The maximum absolute atomic E-state index is 10.9. The third-order valence-corrected chi connectivity index (χ3v) is 7.08. The molecule has 0 saturated heterocycles. The second kappa shape index (κ2) is 5.48. The number of aliphatic carboxylic acids is 1. The van der Waals surface area contributed by atoms with Crippen molar-refractivity contribution in [1.82, 2.24) is 0 Å². The van der Waals surface area contributed by atoms with Crippen molar-refractivity contribution in [2.45, 2.75) is 11.8 Å². The van der Waals surface area contributed by atoms with Gasteiger partial charge in [0.2, 0.25) is 0 Å². The molecular weight excluding hydrogens is 527 g/mol. The average molecular weight is 531 g/mol. The predicted molar refractivity (Wildman–Crippen MR) is 72.2 cm³/mol. The van der Waals surface area contributed by atoms with Gasteiger partial charge >= 0.3 is 5.97 Å². The topological polar surface area (TPSA) is 37.3 Å². The summed E-state index contributed by atoms with van der Waals surface area (Å²) in [6.07, 6.45) is 0. The maximum Gasteiger partial charge on any atom is 0.322 e. The number of rotatable bonds is 3. The van der Waals surface area contributed by atoms with Crippen LogP contribution in [-0.2, 0) is 4.79 Å². The van der Waals surface area contributed by atoms with Gasteiger partial charge in [0, 0.05) is 5.33 Å². The summed E-state index contributed by atoms with van der Waals surface area (Å²) in [6, 6.07) is 0. The Balaban J connectivity index is 4.88. The molecule has 0 aromatic carbocycles. The summed E-state index contributed by atoms with van der Waals surface area (Å²) < 4.78 is -2.07. The molecule has 0 aliphatic carbocycles. The van der Waals surface area contributed by atoms with Crippen molar-refractivity contribution in [3.63, 3.8) is 0 Å². The van der Waals surface area contributed by atoms with Crippen LogP contribution in [0.1, 0.15) is 0 Å². The molecule has 1 N–H and O–H groups in total. The molecule has 0 aliphatic rings. The van der Waals surface area contributed by atoms with E-state index in [0.29, 0.717) is 0 Å². The van der Waals surface area contributed by atoms with Crippen LogP contribution in [0.4, 0.5) is 0 Å². The van der Waals surface area contributed by atoms with Gasteiger partial charge in [-0.25, -0.2) is 0 Å². The van der Waals surface area contributed by atoms with E-state index in [-0.39, 0.29) is 5.33 Å². The van der Waals surface area contributed by atoms with Crippen molar-refractivity contribution in [3.8, 4) is 0 Å². The SMILES string of the molecule is O=C(O)C(Br)(CBr)C(Cl)C(Br)(Br)Br. The van der Waals surface area contributed by atoms with Gasteiger partial charge in [0.25, 0.3) is 0 Å². The van der Waals surface area contributed by atoms with E-state index in [9.17, 15) is 4.79 Å². The van der Waals surface area contributed by atoms with E-state index in [2.05, 4.69) is 79.6 Å². The van der Waals surface area contributed by atoms with Gasteiger partial charge in [0.15, 0.2) is 6.47 Å². The van der Waals surface area contributed by atoms with Gasteiger partial charge in [-0.2, -0.15) is 0 Å². The van der Waals surface area contributed by atoms with Crippen molar-refractivity contribution >= 4 is 97.2 Å². The van der Waals surface area contributed by atoms with Crippen molar-refractivity contribution < 1.29 is 9.90 Å². The molecule has 0 heterocycles. The molecule has 78 valence electrons. The molecule has 0 aliphatic heterocycles. The van der Waals surface area contributed by atoms with Crippen LogP contribution >= 0.6 is 91.3 Å². The van der Waals surface area contributed by atoms with E-state index in [0.717, 1.165) is 0 Å². The largest absolute Gasteiger partial charge is 0.480 e. The lowest BCUT2D eigenvalue weighted by atomic mass is 10.1. The van der Waals surface area contributed by atoms with Crippen molar-refractivity contribution in [3.05, 3.63) is 0 Å². The number of hydrogen-bond donors (Lipinski definition) is 1. The Morgan fingerprint density at radius 2 is 1.77 bits per heavy atom. The van der Waals surface area contributed by atoms with Gasteiger partial charge in [0.1, 0.15) is 0 Å². The zero-order valence-electron chi connectivity index (χ0n) is 5.91. The smallest absolute Gasteiger partial charge is 0.322 e. The number of alkyl halides is 6. The third kappa shape index (κ3) is 3.90. The van der Waals surface area contributed by atoms with Crippen LogP contribution in [0.25, 0.3) is 0 Å². The average Bonchev–Trinajstić information content (AvgIpc) is 1.99. The third-order valence-electron chi connectivity index (χ3n) is 1.24. The minimum absolute atomic E-state index is 0.189. The van der Waals surface area contributed by atoms with E-state index in [1.807, 2.05) is 0 Å². The number of carboxylic acids is 1. The van der Waals surface area contributed by atoms with Crippen LogP contribution in [0, 0.1) is 0 Å². The fourth-order valence-corrected chi connectivity index (χ4v) is 3.85. The number of halogens is 6. The Morgan fingerprint density at radius 1 is 1.38 bits per heavy atom. The lowest BCUT2D eigenvalue weighted by Gasteiger charge is -2.31. The highest BCUT2D eigenvalue weighted by atomic mass is 80.0. The summed E-state index contributed by atoms with van der Waals surface area (Å²) in [7, 11) is 0. The summed E-state index contributed by atoms with van der Waals surface area (Å²) in [5, 5.41) is 8.39. The Morgan fingerprint density at radius 3 is 1.85 bits per heavy atom. The van der Waals surface area contributed by atoms with E-state index in [1.54, 1.807) is 0 Å². The fourth-order valence-electron chi connectivity index (χ4n) is 0.493. The quantitative estimate of drug-likeness (QED) is 0.559. The van der Waals surface area contributed by atoms with Gasteiger partial charge in [-0.3, -0.25) is 4.79 Å². The van der Waals surface area contributed by atoms with Crippen LogP contribution in [0.2, 0.25) is 0 Å². The number of carbonyl (C=O) groups is 1. The van der Waals surface area contributed by atoms with Crippen LogP contribution in [0.5, 0.6) is 0 Å². The summed E-state index contributed by atoms with van der Waals surface area (Å²) >= 11 is 21.7. The van der Waals surface area contributed by atoms with Crippen LogP contribution in [0.3, 0.4) is 0 Å². The summed E-state index contributed by atoms with van der Waals surface area (Å²) in [6.45, 7) is 0. The first kappa shape index (κ1) is 15.2. The number of carboxylic acid groups (broad SMARTS) is 1. The first-order chi connectivity index (χ1) is 5.66. The highest BCUT2D eigenvalue weighted by Crippen LogP contribution is 2.47. The Labute approximate surface area is 123 Å². The summed E-state index contributed by atoms with van der Waals surface area (Å²) in [5.41, 5.74) is 0. The molecule has 2 nitrogen and oxygen atoms in total. The van der Waals surface area contributed by atoms with Gasteiger partial charge < -0.3 is 5.11 Å². The van der Waals surface area contributed by atoms with Crippen LogP contribution < -0.4 is 0 Å². The van der Waals surface area contributed by atoms with Gasteiger partial charge in [-0.1, -0.05) is 79.6 Å². The molecular formula is C5H4Br5ClO2. The van der Waals surface area contributed by atoms with Gasteiger partial charge in [0.05, 0.1) is 5.38 Å². The number of hydrogen-bond acceptors (Lipinski definition) is 1. The standard InChI is InChI=1S/C5H4Br5ClO2/c6-1-4(7,3(12)13)2(11)5(8,9)10/h2H,1H2,(H,12,13). The van der Waals surface area contributed by atoms with Crippen molar-refractivity contribution in [2.75, 3.05) is 5.33 Å². The Hall–Kier alpha value is 2.16. The molecule has 0 saturated carbocycles. The minimum atomic E-state index is -1.24. The molecule has 0 rings (SSSR count). The molecule has 0 radical (unpaired) electrons. The fraction of sp³-hybridized carbons (Fsp3) is 0.800. The van der Waals surface area contributed by atoms with E-state index < -0.39 is 17.8 Å². The van der Waals surface area contributed by atoms with Gasteiger partial charge in [-0.05, 0) is 0 Å². The maximum atomic E-state index is 10.9. The van der Waals surface area contributed by atoms with E-state index in [1.165, 1.54) is 0 Å². The second-order valence-electron chi connectivity index (χ2n) is 2.21. The molecule has 2 atom stereocenters. The molecule has 2 unspecified atom stereocenters. The normalized spacial score (nSPS) is 19.2. The van der Waals surface area contributed by atoms with Crippen molar-refractivity contribution in [2.24, 2.45) is 0 Å². The lowest BCUT2D eigenvalue weighted by Crippen LogP contribution is -2.48. The monoisotopic (exact) mass is 526 g/mol. The zero-order chi connectivity index (χ0) is 10.9. The molecule has 13 heavy (non-hydrogen) atoms. The van der Waals surface area contributed by atoms with Crippen molar-refractivity contribution in [1.29, 1.82) is 0 Å². The molecule has 0 bridgehead atoms. The molecule has 0 spiro atoms. The van der Waals surface area contributed by atoms with Crippen LogP contribution in [-0.4, -0.2) is 28.3 Å². The Kier molecular flexibility index (Phi) is 6.39. The van der Waals surface area contributed by atoms with E-state index >= 15 is 0 Å². The molecule has 0 aromatic heterocycles. The Bertz CT molecular complexity index is 206. The second-order valence-corrected chi connectivity index (χ2v) is 11.6. The summed E-state index contributed by atoms with van der Waals surface area (Å²) in [4.78, 5) is 10.9. The first-order valence-corrected chi connectivity index (χ1v) is 7.58. The highest BCUT2D eigenvalue weighted by molar-refractivity contribution is 9.39. The molecule has 0 fully saturated rings. The highest BCUT2D eigenvalue weighted by Gasteiger charge is 2.50. The zero-order valence-corrected chi connectivity index (χ0v) is 14.6. The molecule has 8 heteroatoms. The minimum Gasteiger partial charge on any atom is -0.480 e. The van der Waals surface area contributed by atoms with Gasteiger partial charge in [-0.15, -0.1) is 11.6 Å². The first-order valence-electron chi connectivity index (χ1n) is 2.85.